The summed E-state index contributed by atoms with van der Waals surface area (Å²) in [6.45, 7) is 4.10. The molecule has 14 nitrogen and oxygen atoms in total. The zero-order chi connectivity index (χ0) is 30.6. The summed E-state index contributed by atoms with van der Waals surface area (Å²) in [7, 11) is 0. The van der Waals surface area contributed by atoms with Gasteiger partial charge in [-0.1, -0.05) is 0 Å². The number of carbonyl (C=O) groups is 3. The predicted octanol–water partition coefficient (Wildman–Crippen LogP) is 3.77. The SMILES string of the molecule is C[C@@H]1CN(C(=O)[C@@H]2C[C@H](S)CN2C(=O)OCc2ccc([N+](=O)[O-])cc2)[C@@H](C)CN1C(=O)OCc1ccc([N+](=O)[O-])cc1. The maximum atomic E-state index is 13.7. The maximum Gasteiger partial charge on any atom is 0.410 e. The number of thiol groups is 1. The molecular formula is C27H31N5O9S. The van der Waals surface area contributed by atoms with Gasteiger partial charge in [0.1, 0.15) is 19.3 Å². The molecule has 15 heteroatoms. The highest BCUT2D eigenvalue weighted by Crippen LogP contribution is 2.27. The molecule has 42 heavy (non-hydrogen) atoms. The lowest BCUT2D eigenvalue weighted by atomic mass is 10.1. The van der Waals surface area contributed by atoms with E-state index in [0.717, 1.165) is 0 Å². The van der Waals surface area contributed by atoms with Crippen LogP contribution >= 0.6 is 12.6 Å². The Morgan fingerprint density at radius 1 is 0.762 bits per heavy atom. The number of nitro benzene ring substituents is 2. The standard InChI is InChI=1S/C27H31N5O9S/c1-17-13-29(26(34)40-15-19-3-7-21(8-4-19)31(36)37)18(2)12-28(17)25(33)24-11-23(42)14-30(24)27(35)41-16-20-5-9-22(10-6-20)32(38)39/h3-10,17-18,23-24,42H,11-16H2,1-2H3/t17-,18+,23-,24-/m0/s1. The topological polar surface area (TPSA) is 166 Å². The van der Waals surface area contributed by atoms with Crippen LogP contribution in [0, 0.1) is 20.2 Å². The molecule has 0 saturated carbocycles. The summed E-state index contributed by atoms with van der Waals surface area (Å²) in [6.07, 6.45) is -0.905. The Bertz CT molecular complexity index is 1340. The molecule has 0 aromatic heterocycles. The van der Waals surface area contributed by atoms with Gasteiger partial charge in [-0.3, -0.25) is 29.9 Å². The quantitative estimate of drug-likeness (QED) is 0.282. The van der Waals surface area contributed by atoms with E-state index in [1.807, 2.05) is 6.92 Å². The number of hydrogen-bond donors (Lipinski definition) is 1. The molecule has 0 spiro atoms. The second-order valence-corrected chi connectivity index (χ2v) is 11.1. The van der Waals surface area contributed by atoms with Crippen molar-refractivity contribution in [2.45, 2.75) is 56.9 Å². The first-order chi connectivity index (χ1) is 19.9. The highest BCUT2D eigenvalue weighted by Gasteiger charge is 2.44. The Hall–Kier alpha value is -4.40. The number of carbonyl (C=O) groups excluding carboxylic acids is 3. The van der Waals surface area contributed by atoms with Gasteiger partial charge in [0, 0.05) is 61.2 Å². The van der Waals surface area contributed by atoms with Crippen LogP contribution < -0.4 is 0 Å². The van der Waals surface area contributed by atoms with Gasteiger partial charge in [-0.15, -0.1) is 0 Å². The van der Waals surface area contributed by atoms with Gasteiger partial charge in [0.15, 0.2) is 0 Å². The van der Waals surface area contributed by atoms with Crippen LogP contribution in [0.15, 0.2) is 48.5 Å². The van der Waals surface area contributed by atoms with Gasteiger partial charge in [0.25, 0.3) is 11.4 Å². The first-order valence-corrected chi connectivity index (χ1v) is 13.8. The zero-order valence-corrected chi connectivity index (χ0v) is 23.9. The number of benzene rings is 2. The molecule has 2 aliphatic heterocycles. The molecule has 4 rings (SSSR count). The third kappa shape index (κ3) is 7.08. The van der Waals surface area contributed by atoms with E-state index in [1.165, 1.54) is 58.3 Å². The van der Waals surface area contributed by atoms with Crippen molar-refractivity contribution < 1.29 is 33.7 Å². The number of amides is 3. The molecule has 2 aliphatic rings. The summed E-state index contributed by atoms with van der Waals surface area (Å²) in [4.78, 5) is 64.6. The van der Waals surface area contributed by atoms with Crippen LogP contribution in [0.3, 0.4) is 0 Å². The van der Waals surface area contributed by atoms with Gasteiger partial charge in [-0.2, -0.15) is 12.6 Å². The van der Waals surface area contributed by atoms with Gasteiger partial charge in [-0.25, -0.2) is 9.59 Å². The molecule has 2 aromatic carbocycles. The minimum atomic E-state index is -0.785. The largest absolute Gasteiger partial charge is 0.445 e. The number of rotatable bonds is 7. The van der Waals surface area contributed by atoms with Gasteiger partial charge < -0.3 is 19.3 Å². The third-order valence-corrected chi connectivity index (χ3v) is 7.70. The van der Waals surface area contributed by atoms with E-state index in [2.05, 4.69) is 12.6 Å². The first-order valence-electron chi connectivity index (χ1n) is 13.3. The van der Waals surface area contributed by atoms with Gasteiger partial charge in [0.2, 0.25) is 5.91 Å². The number of nitrogens with zero attached hydrogens (tertiary/aromatic N) is 5. The van der Waals surface area contributed by atoms with E-state index < -0.39 is 28.1 Å². The molecule has 0 radical (unpaired) electrons. The molecule has 0 N–H and O–H groups in total. The first kappa shape index (κ1) is 30.6. The molecule has 224 valence electrons. The number of nitro groups is 2. The molecule has 2 aromatic rings. The number of piperazine rings is 1. The highest BCUT2D eigenvalue weighted by molar-refractivity contribution is 7.81. The molecule has 2 heterocycles. The van der Waals surface area contributed by atoms with Crippen molar-refractivity contribution in [2.24, 2.45) is 0 Å². The minimum Gasteiger partial charge on any atom is -0.445 e. The summed E-state index contributed by atoms with van der Waals surface area (Å²) < 4.78 is 10.8. The fraction of sp³-hybridized carbons (Fsp3) is 0.444. The molecule has 2 fully saturated rings. The molecule has 4 atom stereocenters. The van der Waals surface area contributed by atoms with Crippen molar-refractivity contribution in [3.8, 4) is 0 Å². The minimum absolute atomic E-state index is 0.0561. The Morgan fingerprint density at radius 3 is 1.67 bits per heavy atom. The van der Waals surface area contributed by atoms with E-state index in [9.17, 15) is 34.6 Å². The average Bonchev–Trinajstić information content (AvgIpc) is 3.37. The van der Waals surface area contributed by atoms with Crippen molar-refractivity contribution in [2.75, 3.05) is 19.6 Å². The Morgan fingerprint density at radius 2 is 1.19 bits per heavy atom. The third-order valence-electron chi connectivity index (χ3n) is 7.32. The van der Waals surface area contributed by atoms with Gasteiger partial charge >= 0.3 is 12.2 Å². The normalized spacial score (nSPS) is 22.0. The summed E-state index contributed by atoms with van der Waals surface area (Å²) >= 11 is 4.50. The monoisotopic (exact) mass is 601 g/mol. The van der Waals surface area contributed by atoms with E-state index in [0.29, 0.717) is 17.5 Å². The van der Waals surface area contributed by atoms with E-state index in [4.69, 9.17) is 9.47 Å². The van der Waals surface area contributed by atoms with Crippen LogP contribution in [-0.2, 0) is 27.5 Å². The molecule has 0 unspecified atom stereocenters. The Kier molecular flexibility index (Phi) is 9.50. The fourth-order valence-electron chi connectivity index (χ4n) is 5.01. The lowest BCUT2D eigenvalue weighted by molar-refractivity contribution is -0.385. The second kappa shape index (κ2) is 13.1. The molecular weight excluding hydrogens is 570 g/mol. The maximum absolute atomic E-state index is 13.7. The number of likely N-dealkylation sites (tertiary alicyclic amines) is 1. The second-order valence-electron chi connectivity index (χ2n) is 10.4. The average molecular weight is 602 g/mol. The lowest BCUT2D eigenvalue weighted by Crippen LogP contribution is -2.62. The van der Waals surface area contributed by atoms with Crippen molar-refractivity contribution >= 4 is 42.1 Å². The summed E-state index contributed by atoms with van der Waals surface area (Å²) in [5.41, 5.74) is 1.04. The molecule has 0 aliphatic carbocycles. The van der Waals surface area contributed by atoms with E-state index >= 15 is 0 Å². The fourth-order valence-corrected chi connectivity index (χ4v) is 5.39. The summed E-state index contributed by atoms with van der Waals surface area (Å²) in [5.74, 6) is -0.267. The zero-order valence-electron chi connectivity index (χ0n) is 23.0. The number of ether oxygens (including phenoxy) is 2. The number of hydrogen-bond acceptors (Lipinski definition) is 10. The van der Waals surface area contributed by atoms with Crippen molar-refractivity contribution in [3.63, 3.8) is 0 Å². The molecule has 2 saturated heterocycles. The molecule has 0 bridgehead atoms. The van der Waals surface area contributed by atoms with Crippen LogP contribution in [0.5, 0.6) is 0 Å². The van der Waals surface area contributed by atoms with Crippen LogP contribution in [-0.4, -0.2) is 85.6 Å². The van der Waals surface area contributed by atoms with Crippen molar-refractivity contribution in [1.29, 1.82) is 0 Å². The van der Waals surface area contributed by atoms with Crippen LogP contribution in [0.1, 0.15) is 31.4 Å². The summed E-state index contributed by atoms with van der Waals surface area (Å²) in [5, 5.41) is 21.4. The Balaban J connectivity index is 1.33. The Labute approximate surface area is 246 Å². The van der Waals surface area contributed by atoms with Crippen molar-refractivity contribution in [3.05, 3.63) is 79.9 Å². The lowest BCUT2D eigenvalue weighted by Gasteiger charge is -2.44. The smallest absolute Gasteiger partial charge is 0.410 e. The predicted molar refractivity (Wildman–Crippen MR) is 152 cm³/mol. The van der Waals surface area contributed by atoms with Crippen molar-refractivity contribution in [1.82, 2.24) is 14.7 Å². The summed E-state index contributed by atoms with van der Waals surface area (Å²) in [6, 6.07) is 9.84. The van der Waals surface area contributed by atoms with Gasteiger partial charge in [0.05, 0.1) is 9.85 Å². The van der Waals surface area contributed by atoms with E-state index in [-0.39, 0.29) is 67.5 Å². The number of non-ortho nitro benzene ring substituents is 2. The van der Waals surface area contributed by atoms with Crippen LogP contribution in [0.2, 0.25) is 0 Å². The highest BCUT2D eigenvalue weighted by atomic mass is 32.1. The van der Waals surface area contributed by atoms with Crippen LogP contribution in [0.4, 0.5) is 21.0 Å². The van der Waals surface area contributed by atoms with Gasteiger partial charge in [-0.05, 0) is 55.7 Å². The van der Waals surface area contributed by atoms with Crippen LogP contribution in [0.25, 0.3) is 0 Å². The molecule has 3 amide bonds. The van der Waals surface area contributed by atoms with E-state index in [1.54, 1.807) is 11.8 Å².